The van der Waals surface area contributed by atoms with Crippen molar-refractivity contribution in [2.45, 2.75) is 31.0 Å². The summed E-state index contributed by atoms with van der Waals surface area (Å²) in [6, 6.07) is 13.1. The first-order chi connectivity index (χ1) is 13.7. The van der Waals surface area contributed by atoms with E-state index in [1.165, 1.54) is 0 Å². The van der Waals surface area contributed by atoms with Crippen molar-refractivity contribution >= 4 is 22.6 Å². The van der Waals surface area contributed by atoms with Crippen molar-refractivity contribution in [3.63, 3.8) is 0 Å². The number of nitrogens with one attached hydrogen (secondary N) is 1. The van der Waals surface area contributed by atoms with Gasteiger partial charge in [-0.15, -0.1) is 0 Å². The summed E-state index contributed by atoms with van der Waals surface area (Å²) in [7, 11) is 0. The highest BCUT2D eigenvalue weighted by molar-refractivity contribution is 6.31. The van der Waals surface area contributed by atoms with Crippen LogP contribution in [-0.4, -0.2) is 52.7 Å². The van der Waals surface area contributed by atoms with E-state index in [-0.39, 0.29) is 31.5 Å². The van der Waals surface area contributed by atoms with Gasteiger partial charge in [0.25, 0.3) is 0 Å². The maximum Gasteiger partial charge on any atom is 0.193 e. The summed E-state index contributed by atoms with van der Waals surface area (Å²) in [4.78, 5) is 7.76. The molecule has 2 fully saturated rings. The average molecular weight is 403 g/mol. The van der Waals surface area contributed by atoms with E-state index in [0.29, 0.717) is 23.2 Å². The zero-order valence-electron chi connectivity index (χ0n) is 14.9. The van der Waals surface area contributed by atoms with Crippen molar-refractivity contribution in [2.75, 3.05) is 13.2 Å². The molecule has 3 aromatic rings. The van der Waals surface area contributed by atoms with Crippen LogP contribution < -0.4 is 9.47 Å². The van der Waals surface area contributed by atoms with E-state index < -0.39 is 6.10 Å². The molecule has 5 rings (SSSR count). The fourth-order valence-electron chi connectivity index (χ4n) is 3.59. The van der Waals surface area contributed by atoms with Crippen LogP contribution >= 0.6 is 11.6 Å². The van der Waals surface area contributed by atoms with E-state index in [1.807, 2.05) is 42.5 Å². The first kappa shape index (κ1) is 17.8. The molecule has 8 heteroatoms. The Hall–Kier alpha value is -2.32. The largest absolute Gasteiger partial charge is 0.487 e. The number of aliphatic hydroxyl groups is 1. The number of benzene rings is 1. The molecule has 1 unspecified atom stereocenters. The Bertz CT molecular complexity index is 979. The molecule has 2 aliphatic heterocycles. The Kier molecular flexibility index (Phi) is 4.60. The molecule has 0 spiro atoms. The zero-order valence-corrected chi connectivity index (χ0v) is 15.6. The van der Waals surface area contributed by atoms with Gasteiger partial charge in [-0.2, -0.15) is 0 Å². The van der Waals surface area contributed by atoms with Crippen molar-refractivity contribution in [3.05, 3.63) is 53.2 Å². The second-order valence-corrected chi connectivity index (χ2v) is 7.31. The van der Waals surface area contributed by atoms with Crippen LogP contribution in [0.2, 0.25) is 5.02 Å². The Morgan fingerprint density at radius 1 is 1.14 bits per heavy atom. The summed E-state index contributed by atoms with van der Waals surface area (Å²) in [5, 5.41) is 10.4. The lowest BCUT2D eigenvalue weighted by Gasteiger charge is -2.16. The number of H-pyrrole nitrogens is 1. The first-order valence-electron chi connectivity index (χ1n) is 9.11. The van der Waals surface area contributed by atoms with Crippen LogP contribution in [0.15, 0.2) is 42.5 Å². The van der Waals surface area contributed by atoms with E-state index in [9.17, 15) is 5.11 Å². The van der Waals surface area contributed by atoms with Crippen LogP contribution in [0.5, 0.6) is 11.6 Å². The second kappa shape index (κ2) is 7.25. The predicted octanol–water partition coefficient (Wildman–Crippen LogP) is 2.70. The van der Waals surface area contributed by atoms with E-state index >= 15 is 0 Å². The molecule has 28 heavy (non-hydrogen) atoms. The second-order valence-electron chi connectivity index (χ2n) is 6.90. The molecule has 4 heterocycles. The lowest BCUT2D eigenvalue weighted by molar-refractivity contribution is 0.00794. The molecule has 146 valence electrons. The third-order valence-electron chi connectivity index (χ3n) is 4.98. The Morgan fingerprint density at radius 3 is 2.82 bits per heavy atom. The Balaban J connectivity index is 1.32. The summed E-state index contributed by atoms with van der Waals surface area (Å²) in [5.74, 6) is 1.31. The monoisotopic (exact) mass is 402 g/mol. The molecule has 0 amide bonds. The lowest BCUT2D eigenvalue weighted by atomic mass is 10.1. The van der Waals surface area contributed by atoms with E-state index in [2.05, 4.69) is 9.97 Å². The van der Waals surface area contributed by atoms with Crippen molar-refractivity contribution in [3.8, 4) is 11.6 Å². The van der Waals surface area contributed by atoms with Crippen LogP contribution in [-0.2, 0) is 16.1 Å². The summed E-state index contributed by atoms with van der Waals surface area (Å²) >= 11 is 6.37. The van der Waals surface area contributed by atoms with Crippen LogP contribution in [0.25, 0.3) is 11.0 Å². The smallest absolute Gasteiger partial charge is 0.193 e. The molecule has 2 saturated heterocycles. The molecular formula is C20H19ClN2O5. The Labute approximate surface area is 166 Å². The van der Waals surface area contributed by atoms with Gasteiger partial charge >= 0.3 is 0 Å². The summed E-state index contributed by atoms with van der Waals surface area (Å²) in [6.07, 6.45) is -1.49. The number of aliphatic hydroxyl groups excluding tert-OH is 1. The number of pyridine rings is 1. The van der Waals surface area contributed by atoms with Crippen molar-refractivity contribution in [2.24, 2.45) is 0 Å². The molecule has 7 nitrogen and oxygen atoms in total. The van der Waals surface area contributed by atoms with Crippen LogP contribution in [0.1, 0.15) is 5.69 Å². The number of rotatable bonds is 5. The number of hydrogen-bond acceptors (Lipinski definition) is 6. The third-order valence-corrected chi connectivity index (χ3v) is 5.31. The fourth-order valence-corrected chi connectivity index (χ4v) is 3.79. The summed E-state index contributed by atoms with van der Waals surface area (Å²) in [5.41, 5.74) is 2.15. The molecule has 0 bridgehead atoms. The van der Waals surface area contributed by atoms with Crippen LogP contribution in [0.4, 0.5) is 0 Å². The summed E-state index contributed by atoms with van der Waals surface area (Å²) < 4.78 is 22.9. The number of fused-ring (bicyclic) bond motifs is 2. The Morgan fingerprint density at radius 2 is 1.96 bits per heavy atom. The maximum atomic E-state index is 9.84. The molecule has 2 aromatic heterocycles. The molecule has 1 aromatic carbocycles. The van der Waals surface area contributed by atoms with E-state index in [4.69, 9.17) is 30.5 Å². The molecule has 2 aliphatic rings. The molecule has 0 radical (unpaired) electrons. The van der Waals surface area contributed by atoms with Gasteiger partial charge in [-0.05, 0) is 18.2 Å². The van der Waals surface area contributed by atoms with Gasteiger partial charge in [0.15, 0.2) is 12.0 Å². The molecule has 2 N–H and O–H groups in total. The van der Waals surface area contributed by atoms with Gasteiger partial charge in [0.2, 0.25) is 0 Å². The number of hydrogen-bond donors (Lipinski definition) is 2. The minimum absolute atomic E-state index is 0.268. The fraction of sp³-hybridized carbons (Fsp3) is 0.350. The molecular weight excluding hydrogens is 384 g/mol. The van der Waals surface area contributed by atoms with Crippen LogP contribution in [0, 0.1) is 0 Å². The van der Waals surface area contributed by atoms with Gasteiger partial charge in [-0.25, -0.2) is 4.98 Å². The number of aromatic nitrogens is 2. The van der Waals surface area contributed by atoms with Gasteiger partial charge in [0.05, 0.1) is 35.0 Å². The SMILES string of the molecule is O[C@@H]1CO[C@H]2C1OC[C@H]2Oc1cc2nc(COc3ccccc3)c(Cl)cc2[nH]1. The minimum atomic E-state index is -0.603. The molecule has 0 saturated carbocycles. The quantitative estimate of drug-likeness (QED) is 0.682. The van der Waals surface area contributed by atoms with E-state index in [0.717, 1.165) is 16.8 Å². The highest BCUT2D eigenvalue weighted by atomic mass is 35.5. The lowest BCUT2D eigenvalue weighted by Crippen LogP contribution is -2.34. The van der Waals surface area contributed by atoms with Crippen LogP contribution in [0.3, 0.4) is 0 Å². The highest BCUT2D eigenvalue weighted by Gasteiger charge is 2.48. The van der Waals surface area contributed by atoms with E-state index in [1.54, 1.807) is 0 Å². The number of ether oxygens (including phenoxy) is 4. The zero-order chi connectivity index (χ0) is 19.1. The molecule has 4 atom stereocenters. The van der Waals surface area contributed by atoms with Crippen molar-refractivity contribution in [1.29, 1.82) is 0 Å². The average Bonchev–Trinajstić information content (AvgIpc) is 3.38. The number of nitrogens with zero attached hydrogens (tertiary/aromatic N) is 1. The van der Waals surface area contributed by atoms with Gasteiger partial charge in [0.1, 0.15) is 30.7 Å². The van der Waals surface area contributed by atoms with Crippen molar-refractivity contribution < 1.29 is 24.1 Å². The summed E-state index contributed by atoms with van der Waals surface area (Å²) in [6.45, 7) is 0.905. The predicted molar refractivity (Wildman–Crippen MR) is 102 cm³/mol. The van der Waals surface area contributed by atoms with Gasteiger partial charge in [-0.1, -0.05) is 29.8 Å². The number of para-hydroxylation sites is 1. The molecule has 0 aliphatic carbocycles. The topological polar surface area (TPSA) is 85.8 Å². The maximum absolute atomic E-state index is 9.84. The minimum Gasteiger partial charge on any atom is -0.487 e. The number of halogens is 1. The van der Waals surface area contributed by atoms with Crippen molar-refractivity contribution in [1.82, 2.24) is 9.97 Å². The number of aromatic amines is 1. The normalized spacial score (nSPS) is 26.5. The van der Waals surface area contributed by atoms with Gasteiger partial charge < -0.3 is 29.0 Å². The highest BCUT2D eigenvalue weighted by Crippen LogP contribution is 2.31. The third kappa shape index (κ3) is 3.31. The van der Waals surface area contributed by atoms with Gasteiger partial charge in [0, 0.05) is 6.07 Å². The standard InChI is InChI=1S/C20H19ClN2O5/c21-12-6-13-14(22-15(12)8-25-11-4-2-1-3-5-11)7-18(23-13)28-17-10-27-19-16(24)9-26-20(17)19/h1-7,16-17,19-20,23-24H,8-10H2/t16-,17-,19?,20-/m1/s1. The first-order valence-corrected chi connectivity index (χ1v) is 9.49. The van der Waals surface area contributed by atoms with Gasteiger partial charge in [-0.3, -0.25) is 0 Å².